The second-order valence-electron chi connectivity index (χ2n) is 7.31. The van der Waals surface area contributed by atoms with Crippen molar-refractivity contribution in [3.05, 3.63) is 65.7 Å². The number of benzene rings is 2. The molecule has 1 aliphatic rings. The van der Waals surface area contributed by atoms with Crippen molar-refractivity contribution >= 4 is 16.0 Å². The van der Waals surface area contributed by atoms with Crippen LogP contribution in [0.4, 0.5) is 5.95 Å². The zero-order valence-corrected chi connectivity index (χ0v) is 17.1. The van der Waals surface area contributed by atoms with Gasteiger partial charge in [-0.25, -0.2) is 12.7 Å². The maximum Gasteiger partial charge on any atom is 0.247 e. The smallest absolute Gasteiger partial charge is 0.247 e. The van der Waals surface area contributed by atoms with Gasteiger partial charge >= 0.3 is 0 Å². The lowest BCUT2D eigenvalue weighted by atomic mass is 10.1. The van der Waals surface area contributed by atoms with E-state index in [1.165, 1.54) is 5.56 Å². The van der Waals surface area contributed by atoms with Gasteiger partial charge in [0.15, 0.2) is 0 Å². The van der Waals surface area contributed by atoms with E-state index in [4.69, 9.17) is 0 Å². The van der Waals surface area contributed by atoms with Gasteiger partial charge < -0.3 is 5.32 Å². The molecule has 29 heavy (non-hydrogen) atoms. The zero-order chi connectivity index (χ0) is 20.3. The first-order valence-electron chi connectivity index (χ1n) is 9.65. The van der Waals surface area contributed by atoms with E-state index in [-0.39, 0.29) is 11.8 Å². The number of anilines is 1. The van der Waals surface area contributed by atoms with Gasteiger partial charge in [-0.2, -0.15) is 4.68 Å². The van der Waals surface area contributed by atoms with Gasteiger partial charge in [0.1, 0.15) is 0 Å². The predicted octanol–water partition coefficient (Wildman–Crippen LogP) is 2.38. The highest BCUT2D eigenvalue weighted by molar-refractivity contribution is 7.88. The molecular weight excluding hydrogens is 388 g/mol. The van der Waals surface area contributed by atoms with Crippen LogP contribution < -0.4 is 5.32 Å². The van der Waals surface area contributed by atoms with Crippen LogP contribution in [-0.2, 0) is 15.8 Å². The Kier molecular flexibility index (Phi) is 5.59. The molecule has 0 saturated carbocycles. The normalized spacial score (nSPS) is 16.0. The zero-order valence-electron chi connectivity index (χ0n) is 16.3. The van der Waals surface area contributed by atoms with Crippen LogP contribution in [0.25, 0.3) is 5.69 Å². The molecule has 1 saturated heterocycles. The largest absolute Gasteiger partial charge is 0.350 e. The molecule has 1 N–H and O–H groups in total. The third kappa shape index (κ3) is 4.63. The lowest BCUT2D eigenvalue weighted by Gasteiger charge is -2.31. The van der Waals surface area contributed by atoms with Gasteiger partial charge in [0, 0.05) is 19.1 Å². The summed E-state index contributed by atoms with van der Waals surface area (Å²) in [6.07, 6.45) is 1.41. The van der Waals surface area contributed by atoms with Crippen molar-refractivity contribution in [1.29, 1.82) is 0 Å². The summed E-state index contributed by atoms with van der Waals surface area (Å²) in [7, 11) is -3.32. The van der Waals surface area contributed by atoms with Crippen LogP contribution in [0.2, 0.25) is 0 Å². The number of tetrazole rings is 1. The fourth-order valence-corrected chi connectivity index (χ4v) is 5.04. The molecule has 8 nitrogen and oxygen atoms in total. The SMILES string of the molecule is Cc1ccc(-n2nnnc2NC2CCN(S(=O)(=O)Cc3ccccc3)CC2)cc1. The second kappa shape index (κ2) is 8.30. The van der Waals surface area contributed by atoms with Gasteiger partial charge in [-0.05, 0) is 47.9 Å². The Bertz CT molecular complexity index is 1040. The molecule has 3 aromatic rings. The lowest BCUT2D eigenvalue weighted by molar-refractivity contribution is 0.328. The van der Waals surface area contributed by atoms with E-state index in [0.29, 0.717) is 31.9 Å². The molecule has 2 heterocycles. The Hall–Kier alpha value is -2.78. The summed E-state index contributed by atoms with van der Waals surface area (Å²) in [4.78, 5) is 0. The van der Waals surface area contributed by atoms with Crippen molar-refractivity contribution < 1.29 is 8.42 Å². The molecule has 2 aromatic carbocycles. The second-order valence-corrected chi connectivity index (χ2v) is 9.28. The molecule has 4 rings (SSSR count). The molecule has 9 heteroatoms. The summed E-state index contributed by atoms with van der Waals surface area (Å²) in [5, 5.41) is 15.3. The van der Waals surface area contributed by atoms with E-state index in [2.05, 4.69) is 20.8 Å². The summed E-state index contributed by atoms with van der Waals surface area (Å²) < 4.78 is 28.7. The van der Waals surface area contributed by atoms with Gasteiger partial charge in [-0.1, -0.05) is 53.1 Å². The molecule has 1 aliphatic heterocycles. The number of aromatic nitrogens is 4. The number of nitrogens with zero attached hydrogens (tertiary/aromatic N) is 5. The molecule has 0 unspecified atom stereocenters. The number of nitrogens with one attached hydrogen (secondary N) is 1. The summed E-state index contributed by atoms with van der Waals surface area (Å²) in [5.74, 6) is 0.608. The quantitative estimate of drug-likeness (QED) is 0.668. The van der Waals surface area contributed by atoms with E-state index in [9.17, 15) is 8.42 Å². The Labute approximate surface area is 170 Å². The van der Waals surface area contributed by atoms with Crippen molar-refractivity contribution in [1.82, 2.24) is 24.5 Å². The number of piperidine rings is 1. The minimum absolute atomic E-state index is 0.0393. The Morgan fingerprint density at radius 3 is 2.41 bits per heavy atom. The fraction of sp³-hybridized carbons (Fsp3) is 0.350. The first-order valence-corrected chi connectivity index (χ1v) is 11.3. The molecule has 0 amide bonds. The molecule has 0 atom stereocenters. The number of sulfonamides is 1. The summed E-state index contributed by atoms with van der Waals surface area (Å²) >= 11 is 0. The van der Waals surface area contributed by atoms with Crippen LogP contribution in [0.5, 0.6) is 0 Å². The molecule has 0 bridgehead atoms. The number of hydrogen-bond donors (Lipinski definition) is 1. The van der Waals surface area contributed by atoms with E-state index < -0.39 is 10.0 Å². The predicted molar refractivity (Wildman–Crippen MR) is 111 cm³/mol. The van der Waals surface area contributed by atoms with Crippen molar-refractivity contribution in [2.45, 2.75) is 31.6 Å². The van der Waals surface area contributed by atoms with E-state index in [1.54, 1.807) is 8.99 Å². The van der Waals surface area contributed by atoms with Gasteiger partial charge in [-0.15, -0.1) is 0 Å². The molecule has 152 valence electrons. The Morgan fingerprint density at radius 1 is 1.03 bits per heavy atom. The van der Waals surface area contributed by atoms with Crippen LogP contribution >= 0.6 is 0 Å². The average molecular weight is 413 g/mol. The highest BCUT2D eigenvalue weighted by Crippen LogP contribution is 2.21. The molecule has 0 aliphatic carbocycles. The molecule has 0 radical (unpaired) electrons. The number of rotatable bonds is 6. The highest BCUT2D eigenvalue weighted by Gasteiger charge is 2.28. The van der Waals surface area contributed by atoms with E-state index >= 15 is 0 Å². The van der Waals surface area contributed by atoms with Crippen molar-refractivity contribution in [3.8, 4) is 5.69 Å². The number of hydrogen-bond acceptors (Lipinski definition) is 6. The first-order chi connectivity index (χ1) is 14.0. The van der Waals surface area contributed by atoms with Crippen molar-refractivity contribution in [2.75, 3.05) is 18.4 Å². The van der Waals surface area contributed by atoms with Crippen LogP contribution in [0, 0.1) is 6.92 Å². The third-order valence-electron chi connectivity index (χ3n) is 5.12. The highest BCUT2D eigenvalue weighted by atomic mass is 32.2. The van der Waals surface area contributed by atoms with Gasteiger partial charge in [0.05, 0.1) is 11.4 Å². The van der Waals surface area contributed by atoms with Crippen LogP contribution in [-0.4, -0.2) is 52.1 Å². The summed E-state index contributed by atoms with van der Waals surface area (Å²) in [6, 6.07) is 17.4. The number of aryl methyl sites for hydroxylation is 1. The Balaban J connectivity index is 1.37. The van der Waals surface area contributed by atoms with E-state index in [1.807, 2.05) is 61.5 Å². The Morgan fingerprint density at radius 2 is 1.72 bits per heavy atom. The minimum Gasteiger partial charge on any atom is -0.350 e. The molecular formula is C20H24N6O2S. The topological polar surface area (TPSA) is 93.0 Å². The maximum absolute atomic E-state index is 12.7. The minimum atomic E-state index is -3.32. The summed E-state index contributed by atoms with van der Waals surface area (Å²) in [6.45, 7) is 3.00. The van der Waals surface area contributed by atoms with Crippen LogP contribution in [0.15, 0.2) is 54.6 Å². The molecule has 1 aromatic heterocycles. The van der Waals surface area contributed by atoms with E-state index in [0.717, 1.165) is 11.3 Å². The first kappa shape index (κ1) is 19.5. The average Bonchev–Trinajstić information content (AvgIpc) is 3.17. The van der Waals surface area contributed by atoms with Gasteiger partial charge in [0.25, 0.3) is 0 Å². The van der Waals surface area contributed by atoms with Crippen LogP contribution in [0.3, 0.4) is 0 Å². The van der Waals surface area contributed by atoms with Gasteiger partial charge in [-0.3, -0.25) is 0 Å². The maximum atomic E-state index is 12.7. The summed E-state index contributed by atoms with van der Waals surface area (Å²) in [5.41, 5.74) is 2.86. The van der Waals surface area contributed by atoms with Crippen molar-refractivity contribution in [3.63, 3.8) is 0 Å². The molecule has 0 spiro atoms. The monoisotopic (exact) mass is 412 g/mol. The third-order valence-corrected chi connectivity index (χ3v) is 6.97. The lowest BCUT2D eigenvalue weighted by Crippen LogP contribution is -2.43. The van der Waals surface area contributed by atoms with Crippen molar-refractivity contribution in [2.24, 2.45) is 0 Å². The van der Waals surface area contributed by atoms with Gasteiger partial charge in [0.2, 0.25) is 16.0 Å². The standard InChI is InChI=1S/C20H24N6O2S/c1-16-7-9-19(10-8-16)26-20(22-23-24-26)21-18-11-13-25(14-12-18)29(27,28)15-17-5-3-2-4-6-17/h2-10,18H,11-15H2,1H3,(H,21,22,24). The van der Waals surface area contributed by atoms with Crippen LogP contribution in [0.1, 0.15) is 24.0 Å². The molecule has 1 fully saturated rings. The fourth-order valence-electron chi connectivity index (χ4n) is 3.47.